The Kier molecular flexibility index (Phi) is 3.53. The van der Waals surface area contributed by atoms with Crippen LogP contribution in [0, 0.1) is 6.92 Å². The number of thioether (sulfide) groups is 1. The molecule has 1 aliphatic rings. The summed E-state index contributed by atoms with van der Waals surface area (Å²) in [5, 5.41) is 1.82. The van der Waals surface area contributed by atoms with Crippen LogP contribution in [0.25, 0.3) is 10.9 Å². The second-order valence-electron chi connectivity index (χ2n) is 4.72. The van der Waals surface area contributed by atoms with Crippen LogP contribution in [0.4, 0.5) is 0 Å². The van der Waals surface area contributed by atoms with Gasteiger partial charge in [0.25, 0.3) is 0 Å². The fourth-order valence-corrected chi connectivity index (χ4v) is 3.33. The number of ether oxygens (including phenoxy) is 2. The number of hydrogen-bond donors (Lipinski definition) is 0. The van der Waals surface area contributed by atoms with E-state index < -0.39 is 0 Å². The van der Waals surface area contributed by atoms with Gasteiger partial charge < -0.3 is 9.47 Å². The summed E-state index contributed by atoms with van der Waals surface area (Å²) in [5.41, 5.74) is 2.03. The number of carbonyl (C=O) groups is 1. The number of methoxy groups -OCH3 is 1. The van der Waals surface area contributed by atoms with Crippen molar-refractivity contribution >= 4 is 28.6 Å². The third-order valence-corrected chi connectivity index (χ3v) is 4.51. The van der Waals surface area contributed by atoms with E-state index in [2.05, 4.69) is 4.98 Å². The second-order valence-corrected chi connectivity index (χ2v) is 5.95. The van der Waals surface area contributed by atoms with Crippen LogP contribution in [0.1, 0.15) is 12.0 Å². The van der Waals surface area contributed by atoms with Gasteiger partial charge in [-0.15, -0.1) is 0 Å². The number of esters is 1. The highest BCUT2D eigenvalue weighted by molar-refractivity contribution is 8.00. The van der Waals surface area contributed by atoms with Crippen molar-refractivity contribution in [2.75, 3.05) is 13.7 Å². The molecule has 0 saturated carbocycles. The van der Waals surface area contributed by atoms with Crippen molar-refractivity contribution in [1.29, 1.82) is 0 Å². The fourth-order valence-electron chi connectivity index (χ4n) is 2.27. The Morgan fingerprint density at radius 3 is 2.95 bits per heavy atom. The van der Waals surface area contributed by atoms with E-state index in [0.29, 0.717) is 6.61 Å². The average molecular weight is 289 g/mol. The highest BCUT2D eigenvalue weighted by Crippen LogP contribution is 2.31. The summed E-state index contributed by atoms with van der Waals surface area (Å²) in [6.45, 7) is 2.56. The van der Waals surface area contributed by atoms with Crippen molar-refractivity contribution in [3.63, 3.8) is 0 Å². The van der Waals surface area contributed by atoms with E-state index >= 15 is 0 Å². The number of rotatable bonds is 3. The zero-order valence-electron chi connectivity index (χ0n) is 11.4. The molecule has 1 saturated heterocycles. The van der Waals surface area contributed by atoms with Crippen LogP contribution in [0.3, 0.4) is 0 Å². The molecule has 4 nitrogen and oxygen atoms in total. The van der Waals surface area contributed by atoms with Gasteiger partial charge in [-0.25, -0.2) is 4.98 Å². The van der Waals surface area contributed by atoms with Gasteiger partial charge in [-0.05, 0) is 30.7 Å². The van der Waals surface area contributed by atoms with E-state index in [-0.39, 0.29) is 11.2 Å². The first-order valence-electron chi connectivity index (χ1n) is 6.46. The summed E-state index contributed by atoms with van der Waals surface area (Å²) >= 11 is 1.48. The maximum Gasteiger partial charge on any atom is 0.319 e. The molecule has 0 aliphatic carbocycles. The summed E-state index contributed by atoms with van der Waals surface area (Å²) in [6, 6.07) is 7.87. The Hall–Kier alpha value is -1.75. The standard InChI is InChI=1S/C15H15NO3S/c1-9-7-14(20-13-5-6-19-15(13)17)16-12-8-10(18-2)3-4-11(9)12/h3-4,7-8,13H,5-6H2,1-2H3/t13-/m1/s1. The van der Waals surface area contributed by atoms with Gasteiger partial charge in [0.2, 0.25) is 0 Å². The van der Waals surface area contributed by atoms with Crippen LogP contribution in [0.5, 0.6) is 5.75 Å². The number of benzene rings is 1. The number of pyridine rings is 1. The zero-order valence-corrected chi connectivity index (χ0v) is 12.2. The predicted molar refractivity (Wildman–Crippen MR) is 78.3 cm³/mol. The number of fused-ring (bicyclic) bond motifs is 1. The molecule has 0 radical (unpaired) electrons. The minimum atomic E-state index is -0.139. The number of nitrogens with zero attached hydrogens (tertiary/aromatic N) is 1. The van der Waals surface area contributed by atoms with Gasteiger partial charge in [-0.3, -0.25) is 4.79 Å². The first-order chi connectivity index (χ1) is 9.67. The highest BCUT2D eigenvalue weighted by atomic mass is 32.2. The van der Waals surface area contributed by atoms with Crippen LogP contribution >= 0.6 is 11.8 Å². The van der Waals surface area contributed by atoms with Gasteiger partial charge in [-0.1, -0.05) is 11.8 Å². The lowest BCUT2D eigenvalue weighted by atomic mass is 10.1. The van der Waals surface area contributed by atoms with Crippen molar-refractivity contribution in [3.05, 3.63) is 29.8 Å². The van der Waals surface area contributed by atoms with Crippen molar-refractivity contribution in [3.8, 4) is 5.75 Å². The maximum atomic E-state index is 11.5. The van der Waals surface area contributed by atoms with E-state index in [1.165, 1.54) is 11.8 Å². The number of aryl methyl sites for hydroxylation is 1. The molecule has 104 valence electrons. The molecule has 2 heterocycles. The lowest BCUT2D eigenvalue weighted by Gasteiger charge is -2.09. The molecule has 2 aromatic rings. The summed E-state index contributed by atoms with van der Waals surface area (Å²) < 4.78 is 10.2. The van der Waals surface area contributed by atoms with Crippen molar-refractivity contribution in [1.82, 2.24) is 4.98 Å². The molecule has 1 atom stereocenters. The third-order valence-electron chi connectivity index (χ3n) is 3.35. The van der Waals surface area contributed by atoms with Gasteiger partial charge >= 0.3 is 5.97 Å². The number of aromatic nitrogens is 1. The number of hydrogen-bond acceptors (Lipinski definition) is 5. The van der Waals surface area contributed by atoms with Gasteiger partial charge in [0, 0.05) is 17.9 Å². The van der Waals surface area contributed by atoms with Gasteiger partial charge in [0.1, 0.15) is 11.0 Å². The molecule has 0 bridgehead atoms. The molecule has 1 aromatic heterocycles. The third kappa shape index (κ3) is 2.45. The first-order valence-corrected chi connectivity index (χ1v) is 7.34. The van der Waals surface area contributed by atoms with Crippen LogP contribution < -0.4 is 4.74 Å². The Balaban J connectivity index is 1.97. The van der Waals surface area contributed by atoms with Crippen LogP contribution in [-0.4, -0.2) is 29.9 Å². The van der Waals surface area contributed by atoms with Gasteiger partial charge in [0.15, 0.2) is 0 Å². The summed E-state index contributed by atoms with van der Waals surface area (Å²) in [4.78, 5) is 16.2. The normalized spacial score (nSPS) is 18.3. The Bertz CT molecular complexity index is 671. The summed E-state index contributed by atoms with van der Waals surface area (Å²) in [5.74, 6) is 0.645. The second kappa shape index (κ2) is 5.32. The summed E-state index contributed by atoms with van der Waals surface area (Å²) in [7, 11) is 1.64. The first kappa shape index (κ1) is 13.2. The van der Waals surface area contributed by atoms with Crippen LogP contribution in [-0.2, 0) is 9.53 Å². The van der Waals surface area contributed by atoms with Crippen molar-refractivity contribution < 1.29 is 14.3 Å². The molecule has 5 heteroatoms. The Morgan fingerprint density at radius 1 is 1.40 bits per heavy atom. The van der Waals surface area contributed by atoms with E-state index in [0.717, 1.165) is 33.7 Å². The molecule has 0 N–H and O–H groups in total. The molecule has 1 aromatic carbocycles. The molecule has 3 rings (SSSR count). The molecular weight excluding hydrogens is 274 g/mol. The molecule has 20 heavy (non-hydrogen) atoms. The largest absolute Gasteiger partial charge is 0.497 e. The molecule has 0 amide bonds. The van der Waals surface area contributed by atoms with Crippen LogP contribution in [0.2, 0.25) is 0 Å². The molecular formula is C15H15NO3S. The number of carbonyl (C=O) groups excluding carboxylic acids is 1. The van der Waals surface area contributed by atoms with E-state index in [4.69, 9.17) is 9.47 Å². The molecule has 0 unspecified atom stereocenters. The van der Waals surface area contributed by atoms with E-state index in [1.54, 1.807) is 7.11 Å². The predicted octanol–water partition coefficient (Wildman–Crippen LogP) is 2.96. The quantitative estimate of drug-likeness (QED) is 0.813. The van der Waals surface area contributed by atoms with Crippen molar-refractivity contribution in [2.45, 2.75) is 23.6 Å². The summed E-state index contributed by atoms with van der Waals surface area (Å²) in [6.07, 6.45) is 0.750. The average Bonchev–Trinajstić information content (AvgIpc) is 2.83. The van der Waals surface area contributed by atoms with E-state index in [9.17, 15) is 4.79 Å². The minimum Gasteiger partial charge on any atom is -0.497 e. The SMILES string of the molecule is COc1ccc2c(C)cc(S[C@@H]3CCOC3=O)nc2c1. The van der Waals surface area contributed by atoms with Gasteiger partial charge in [-0.2, -0.15) is 0 Å². The van der Waals surface area contributed by atoms with Crippen molar-refractivity contribution in [2.24, 2.45) is 0 Å². The maximum absolute atomic E-state index is 11.5. The lowest BCUT2D eigenvalue weighted by molar-refractivity contribution is -0.137. The minimum absolute atomic E-state index is 0.134. The molecule has 0 spiro atoms. The van der Waals surface area contributed by atoms with E-state index in [1.807, 2.05) is 31.2 Å². The van der Waals surface area contributed by atoms with Gasteiger partial charge in [0.05, 0.1) is 24.3 Å². The Labute approximate surface area is 121 Å². The zero-order chi connectivity index (χ0) is 14.1. The smallest absolute Gasteiger partial charge is 0.319 e. The molecule has 1 fully saturated rings. The van der Waals surface area contributed by atoms with Crippen LogP contribution in [0.15, 0.2) is 29.3 Å². The highest BCUT2D eigenvalue weighted by Gasteiger charge is 2.28. The fraction of sp³-hybridized carbons (Fsp3) is 0.333. The Morgan fingerprint density at radius 2 is 2.25 bits per heavy atom. The number of cyclic esters (lactones) is 1. The molecule has 1 aliphatic heterocycles. The lowest BCUT2D eigenvalue weighted by Crippen LogP contribution is -2.09. The topological polar surface area (TPSA) is 48.4 Å². The monoisotopic (exact) mass is 289 g/mol.